The van der Waals surface area contributed by atoms with E-state index in [0.717, 1.165) is 10.5 Å². The van der Waals surface area contributed by atoms with Gasteiger partial charge in [0, 0.05) is 6.54 Å². The average Bonchev–Trinajstić information content (AvgIpc) is 2.48. The van der Waals surface area contributed by atoms with Crippen molar-refractivity contribution >= 4 is 12.2 Å². The van der Waals surface area contributed by atoms with E-state index < -0.39 is 24.4 Å². The summed E-state index contributed by atoms with van der Waals surface area (Å²) in [5.74, 6) is 0. The van der Waals surface area contributed by atoms with Gasteiger partial charge in [-0.25, -0.2) is 14.0 Å². The molecule has 1 fully saturated rings. The van der Waals surface area contributed by atoms with Crippen molar-refractivity contribution in [3.05, 3.63) is 35.9 Å². The Labute approximate surface area is 121 Å². The van der Waals surface area contributed by atoms with Crippen LogP contribution in [0.2, 0.25) is 0 Å². The van der Waals surface area contributed by atoms with Crippen LogP contribution in [0.3, 0.4) is 0 Å². The zero-order chi connectivity index (χ0) is 15.2. The van der Waals surface area contributed by atoms with Gasteiger partial charge in [-0.05, 0) is 12.0 Å². The molecule has 1 aromatic carbocycles. The van der Waals surface area contributed by atoms with Gasteiger partial charge in [0.15, 0.2) is 0 Å². The number of ether oxygens (including phenoxy) is 1. The van der Waals surface area contributed by atoms with Crippen LogP contribution in [0.5, 0.6) is 0 Å². The molecule has 2 atom stereocenters. The Kier molecular flexibility index (Phi) is 4.97. The SMILES string of the molecule is O=C(N[C@H]1CCN(C(=O)O)C[C@H]1F)OCc1ccccc1. The quantitative estimate of drug-likeness (QED) is 0.894. The number of benzene rings is 1. The molecule has 0 bridgehead atoms. The summed E-state index contributed by atoms with van der Waals surface area (Å²) in [7, 11) is 0. The molecule has 0 unspecified atom stereocenters. The van der Waals surface area contributed by atoms with Crippen molar-refractivity contribution in [2.45, 2.75) is 25.2 Å². The lowest BCUT2D eigenvalue weighted by Crippen LogP contribution is -2.53. The number of carbonyl (C=O) groups excluding carboxylic acids is 1. The highest BCUT2D eigenvalue weighted by Crippen LogP contribution is 2.14. The smallest absolute Gasteiger partial charge is 0.407 e. The molecule has 0 saturated carbocycles. The van der Waals surface area contributed by atoms with Gasteiger partial charge in [-0.1, -0.05) is 30.3 Å². The van der Waals surface area contributed by atoms with E-state index in [1.165, 1.54) is 0 Å². The highest BCUT2D eigenvalue weighted by molar-refractivity contribution is 5.68. The normalized spacial score (nSPS) is 21.7. The van der Waals surface area contributed by atoms with Gasteiger partial charge in [0.25, 0.3) is 0 Å². The monoisotopic (exact) mass is 296 g/mol. The Morgan fingerprint density at radius 1 is 1.38 bits per heavy atom. The predicted molar refractivity (Wildman–Crippen MR) is 72.7 cm³/mol. The molecule has 1 aliphatic heterocycles. The third-order valence-corrected chi connectivity index (χ3v) is 3.33. The predicted octanol–water partition coefficient (Wildman–Crippen LogP) is 2.00. The van der Waals surface area contributed by atoms with Gasteiger partial charge < -0.3 is 20.1 Å². The van der Waals surface area contributed by atoms with E-state index in [0.29, 0.717) is 0 Å². The lowest BCUT2D eigenvalue weighted by atomic mass is 10.0. The van der Waals surface area contributed by atoms with Crippen LogP contribution in [0.1, 0.15) is 12.0 Å². The number of rotatable bonds is 3. The number of piperidine rings is 1. The molecule has 1 aliphatic rings. The Morgan fingerprint density at radius 3 is 2.71 bits per heavy atom. The number of likely N-dealkylation sites (tertiary alicyclic amines) is 1. The van der Waals surface area contributed by atoms with Crippen LogP contribution in [-0.4, -0.2) is 47.5 Å². The summed E-state index contributed by atoms with van der Waals surface area (Å²) in [6, 6.07) is 8.43. The highest BCUT2D eigenvalue weighted by atomic mass is 19.1. The molecule has 1 heterocycles. The second-order valence-electron chi connectivity index (χ2n) is 4.85. The minimum Gasteiger partial charge on any atom is -0.465 e. The summed E-state index contributed by atoms with van der Waals surface area (Å²) >= 11 is 0. The largest absolute Gasteiger partial charge is 0.465 e. The first-order chi connectivity index (χ1) is 10.1. The number of halogens is 1. The fourth-order valence-corrected chi connectivity index (χ4v) is 2.16. The lowest BCUT2D eigenvalue weighted by molar-refractivity contribution is 0.0810. The molecular weight excluding hydrogens is 279 g/mol. The van der Waals surface area contributed by atoms with E-state index in [1.54, 1.807) is 0 Å². The average molecular weight is 296 g/mol. The Bertz CT molecular complexity index is 497. The van der Waals surface area contributed by atoms with Gasteiger partial charge in [-0.15, -0.1) is 0 Å². The Morgan fingerprint density at radius 2 is 2.10 bits per heavy atom. The molecule has 7 heteroatoms. The van der Waals surface area contributed by atoms with Gasteiger partial charge >= 0.3 is 12.2 Å². The van der Waals surface area contributed by atoms with E-state index in [2.05, 4.69) is 5.32 Å². The molecule has 21 heavy (non-hydrogen) atoms. The molecule has 0 aromatic heterocycles. The van der Waals surface area contributed by atoms with Gasteiger partial charge in [-0.3, -0.25) is 0 Å². The van der Waals surface area contributed by atoms with Crippen LogP contribution < -0.4 is 5.32 Å². The van der Waals surface area contributed by atoms with Gasteiger partial charge in [0.05, 0.1) is 12.6 Å². The maximum atomic E-state index is 13.8. The molecule has 2 N–H and O–H groups in total. The summed E-state index contributed by atoms with van der Waals surface area (Å²) in [5, 5.41) is 11.2. The number of hydrogen-bond acceptors (Lipinski definition) is 3. The van der Waals surface area contributed by atoms with E-state index in [-0.39, 0.29) is 26.1 Å². The number of alkyl carbamates (subject to hydrolysis) is 1. The summed E-state index contributed by atoms with van der Waals surface area (Å²) in [5.41, 5.74) is 0.838. The van der Waals surface area contributed by atoms with Crippen molar-refractivity contribution in [1.82, 2.24) is 10.2 Å². The lowest BCUT2D eigenvalue weighted by Gasteiger charge is -2.33. The third-order valence-electron chi connectivity index (χ3n) is 3.33. The zero-order valence-corrected chi connectivity index (χ0v) is 11.4. The Hall–Kier alpha value is -2.31. The van der Waals surface area contributed by atoms with Crippen LogP contribution in [0, 0.1) is 0 Å². The molecule has 6 nitrogen and oxygen atoms in total. The summed E-state index contributed by atoms with van der Waals surface area (Å²) in [6.07, 6.45) is -3.05. The number of nitrogens with one attached hydrogen (secondary N) is 1. The fourth-order valence-electron chi connectivity index (χ4n) is 2.16. The maximum absolute atomic E-state index is 13.8. The molecule has 1 aromatic rings. The van der Waals surface area contributed by atoms with Crippen molar-refractivity contribution in [3.63, 3.8) is 0 Å². The molecule has 2 amide bonds. The molecular formula is C14H17FN2O4. The van der Waals surface area contributed by atoms with Crippen LogP contribution >= 0.6 is 0 Å². The first-order valence-electron chi connectivity index (χ1n) is 6.65. The van der Waals surface area contributed by atoms with Crippen LogP contribution in [0.15, 0.2) is 30.3 Å². The third kappa shape index (κ3) is 4.34. The molecule has 1 saturated heterocycles. The van der Waals surface area contributed by atoms with Gasteiger partial charge in [0.1, 0.15) is 12.8 Å². The number of amides is 2. The zero-order valence-electron chi connectivity index (χ0n) is 11.4. The molecule has 0 radical (unpaired) electrons. The highest BCUT2D eigenvalue weighted by Gasteiger charge is 2.32. The van der Waals surface area contributed by atoms with Crippen molar-refractivity contribution in [2.24, 2.45) is 0 Å². The molecule has 2 rings (SSSR count). The van der Waals surface area contributed by atoms with Crippen molar-refractivity contribution in [3.8, 4) is 0 Å². The van der Waals surface area contributed by atoms with E-state index in [4.69, 9.17) is 9.84 Å². The second kappa shape index (κ2) is 6.92. The maximum Gasteiger partial charge on any atom is 0.407 e. The summed E-state index contributed by atoms with van der Waals surface area (Å²) < 4.78 is 18.8. The van der Waals surface area contributed by atoms with Crippen molar-refractivity contribution in [2.75, 3.05) is 13.1 Å². The van der Waals surface area contributed by atoms with E-state index >= 15 is 0 Å². The number of carbonyl (C=O) groups is 2. The minimum atomic E-state index is -1.43. The summed E-state index contributed by atoms with van der Waals surface area (Å²) in [6.45, 7) is 0.0654. The summed E-state index contributed by atoms with van der Waals surface area (Å²) in [4.78, 5) is 23.3. The van der Waals surface area contributed by atoms with Crippen LogP contribution in [-0.2, 0) is 11.3 Å². The first-order valence-corrected chi connectivity index (χ1v) is 6.65. The number of alkyl halides is 1. The molecule has 0 aliphatic carbocycles. The molecule has 114 valence electrons. The minimum absolute atomic E-state index is 0.109. The van der Waals surface area contributed by atoms with Crippen LogP contribution in [0.4, 0.5) is 14.0 Å². The first kappa shape index (κ1) is 15.1. The fraction of sp³-hybridized carbons (Fsp3) is 0.429. The Balaban J connectivity index is 1.77. The number of nitrogens with zero attached hydrogens (tertiary/aromatic N) is 1. The molecule has 0 spiro atoms. The second-order valence-corrected chi connectivity index (χ2v) is 4.85. The van der Waals surface area contributed by atoms with Crippen LogP contribution in [0.25, 0.3) is 0 Å². The number of hydrogen-bond donors (Lipinski definition) is 2. The van der Waals surface area contributed by atoms with Crippen molar-refractivity contribution < 1.29 is 23.8 Å². The standard InChI is InChI=1S/C14H17FN2O4/c15-11-8-17(14(19)20)7-6-12(11)16-13(18)21-9-10-4-2-1-3-5-10/h1-5,11-12H,6-9H2,(H,16,18)(H,19,20)/t11-,12+/m1/s1. The van der Waals surface area contributed by atoms with Crippen molar-refractivity contribution in [1.29, 1.82) is 0 Å². The topological polar surface area (TPSA) is 78.9 Å². The van der Waals surface area contributed by atoms with Gasteiger partial charge in [0.2, 0.25) is 0 Å². The van der Waals surface area contributed by atoms with Gasteiger partial charge in [-0.2, -0.15) is 0 Å². The van der Waals surface area contributed by atoms with E-state index in [1.807, 2.05) is 30.3 Å². The number of carboxylic acid groups (broad SMARTS) is 1. The van der Waals surface area contributed by atoms with E-state index in [9.17, 15) is 14.0 Å².